The maximum absolute atomic E-state index is 11.5. The van der Waals surface area contributed by atoms with Crippen molar-refractivity contribution in [3.63, 3.8) is 0 Å². The zero-order chi connectivity index (χ0) is 16.2. The topological polar surface area (TPSA) is 116 Å². The Morgan fingerprint density at radius 1 is 0.727 bits per heavy atom. The van der Waals surface area contributed by atoms with Crippen LogP contribution in [0.4, 0.5) is 0 Å². The van der Waals surface area contributed by atoms with Gasteiger partial charge in [-0.1, -0.05) is 34.0 Å². The van der Waals surface area contributed by atoms with Crippen LogP contribution in [0.1, 0.15) is 0 Å². The van der Waals surface area contributed by atoms with E-state index in [0.29, 0.717) is 0 Å². The van der Waals surface area contributed by atoms with Crippen molar-refractivity contribution in [2.24, 2.45) is 0 Å². The number of phenolic OH excluding ortho intramolecular Hbond substituents is 1. The van der Waals surface area contributed by atoms with Crippen LogP contribution in [-0.4, -0.2) is 21.9 Å². The van der Waals surface area contributed by atoms with Crippen molar-refractivity contribution in [2.45, 2.75) is 0 Å². The van der Waals surface area contributed by atoms with Gasteiger partial charge in [0.1, 0.15) is 5.75 Å². The summed E-state index contributed by atoms with van der Waals surface area (Å²) in [4.78, 5) is 0. The zero-order valence-corrected chi connectivity index (χ0v) is 12.5. The molecule has 0 spiro atoms. The molecule has 10 heteroatoms. The van der Waals surface area contributed by atoms with Crippen molar-refractivity contribution in [2.75, 3.05) is 0 Å². The Morgan fingerprint density at radius 3 is 1.91 bits per heavy atom. The largest absolute Gasteiger partial charge is 0.504 e. The second-order valence-electron chi connectivity index (χ2n) is 3.83. The summed E-state index contributed by atoms with van der Waals surface area (Å²) in [6, 6.07) is 12.2. The fourth-order valence-electron chi connectivity index (χ4n) is 1.36. The van der Waals surface area contributed by atoms with Crippen LogP contribution in [0.5, 0.6) is 17.2 Å². The highest BCUT2D eigenvalue weighted by atomic mass is 32.3. The third-order valence-corrected chi connectivity index (χ3v) is 4.28. The average molecular weight is 346 g/mol. The standard InChI is InChI=1S/C12H10O8S2/c13-11-8-4-5-9-12(11)19-22(16,17)20-21(14,15)18-10-6-2-1-3-7-10/h1-9,13H. The Hall–Kier alpha value is -2.30. The third kappa shape index (κ3) is 4.62. The molecular formula is C12H10O8S2. The summed E-state index contributed by atoms with van der Waals surface area (Å²) in [5.41, 5.74) is 0. The molecule has 2 aromatic carbocycles. The van der Waals surface area contributed by atoms with E-state index in [9.17, 15) is 21.9 Å². The first-order valence-corrected chi connectivity index (χ1v) is 8.37. The lowest BCUT2D eigenvalue weighted by molar-refractivity contribution is 0.344. The van der Waals surface area contributed by atoms with E-state index in [4.69, 9.17) is 0 Å². The van der Waals surface area contributed by atoms with Gasteiger partial charge in [-0.2, -0.15) is 16.8 Å². The van der Waals surface area contributed by atoms with Gasteiger partial charge in [0.2, 0.25) is 0 Å². The number of rotatable bonds is 6. The molecule has 0 fully saturated rings. The van der Waals surface area contributed by atoms with Crippen LogP contribution < -0.4 is 8.37 Å². The van der Waals surface area contributed by atoms with Crippen molar-refractivity contribution < 1.29 is 33.9 Å². The molecule has 118 valence electrons. The molecule has 0 radical (unpaired) electrons. The number of aromatic hydroxyl groups is 1. The van der Waals surface area contributed by atoms with Crippen LogP contribution in [0, 0.1) is 0 Å². The molecule has 0 amide bonds. The van der Waals surface area contributed by atoms with Crippen molar-refractivity contribution in [3.05, 3.63) is 54.6 Å². The van der Waals surface area contributed by atoms with Gasteiger partial charge in [-0.15, -0.1) is 0 Å². The molecule has 2 aromatic rings. The zero-order valence-electron chi connectivity index (χ0n) is 10.8. The van der Waals surface area contributed by atoms with Gasteiger partial charge in [-0.05, 0) is 24.3 Å². The fourth-order valence-corrected chi connectivity index (χ4v) is 3.11. The minimum atomic E-state index is -5.01. The Balaban J connectivity index is 2.13. The summed E-state index contributed by atoms with van der Waals surface area (Å²) in [6.45, 7) is 0. The number of benzene rings is 2. The molecule has 0 aromatic heterocycles. The van der Waals surface area contributed by atoms with Gasteiger partial charge in [-0.3, -0.25) is 0 Å². The van der Waals surface area contributed by atoms with Crippen LogP contribution in [0.2, 0.25) is 0 Å². The van der Waals surface area contributed by atoms with Crippen LogP contribution in [0.25, 0.3) is 0 Å². The summed E-state index contributed by atoms with van der Waals surface area (Å²) < 4.78 is 58.8. The summed E-state index contributed by atoms with van der Waals surface area (Å²) in [5.74, 6) is -1.13. The molecule has 0 saturated carbocycles. The lowest BCUT2D eigenvalue weighted by Crippen LogP contribution is -2.22. The fraction of sp³-hybridized carbons (Fsp3) is 0. The lowest BCUT2D eigenvalue weighted by Gasteiger charge is -2.08. The molecule has 8 nitrogen and oxygen atoms in total. The van der Waals surface area contributed by atoms with Crippen molar-refractivity contribution >= 4 is 20.8 Å². The van der Waals surface area contributed by atoms with Gasteiger partial charge in [0, 0.05) is 0 Å². The molecule has 22 heavy (non-hydrogen) atoms. The van der Waals surface area contributed by atoms with E-state index in [-0.39, 0.29) is 5.75 Å². The van der Waals surface area contributed by atoms with Gasteiger partial charge in [-0.25, -0.2) is 0 Å². The molecule has 0 atom stereocenters. The first-order chi connectivity index (χ1) is 10.3. The maximum atomic E-state index is 11.5. The Labute approximate surface area is 127 Å². The molecule has 0 heterocycles. The summed E-state index contributed by atoms with van der Waals surface area (Å²) in [7, 11) is -9.93. The molecule has 0 aliphatic heterocycles. The number of para-hydroxylation sites is 3. The number of hydrogen-bond donors (Lipinski definition) is 1. The SMILES string of the molecule is O=S(=O)(Oc1ccccc1)OS(=O)(=O)Oc1ccccc1O. The minimum Gasteiger partial charge on any atom is -0.504 e. The number of phenols is 1. The molecule has 0 saturated heterocycles. The van der Waals surface area contributed by atoms with Gasteiger partial charge in [0.05, 0.1) is 0 Å². The highest BCUT2D eigenvalue weighted by Gasteiger charge is 2.28. The summed E-state index contributed by atoms with van der Waals surface area (Å²) >= 11 is 0. The molecule has 0 aliphatic carbocycles. The molecule has 2 rings (SSSR count). The Kier molecular flexibility index (Phi) is 4.54. The van der Waals surface area contributed by atoms with Gasteiger partial charge >= 0.3 is 20.8 Å². The minimum absolute atomic E-state index is 0.139. The Morgan fingerprint density at radius 2 is 1.27 bits per heavy atom. The molecule has 0 bridgehead atoms. The predicted octanol–water partition coefficient (Wildman–Crippen LogP) is 1.36. The van der Waals surface area contributed by atoms with E-state index < -0.39 is 32.3 Å². The molecule has 0 aliphatic rings. The van der Waals surface area contributed by atoms with Gasteiger partial charge < -0.3 is 13.5 Å². The molecule has 0 unspecified atom stereocenters. The summed E-state index contributed by atoms with van der Waals surface area (Å²) in [6.07, 6.45) is 0. The van der Waals surface area contributed by atoms with Crippen molar-refractivity contribution in [1.29, 1.82) is 0 Å². The highest BCUT2D eigenvalue weighted by Crippen LogP contribution is 2.26. The first kappa shape index (κ1) is 16.1. The van der Waals surface area contributed by atoms with Crippen LogP contribution in [-0.2, 0) is 24.4 Å². The van der Waals surface area contributed by atoms with Gasteiger partial charge in [0.25, 0.3) is 0 Å². The number of hydrogen-bond acceptors (Lipinski definition) is 8. The average Bonchev–Trinajstić information content (AvgIpc) is 2.40. The van der Waals surface area contributed by atoms with Crippen molar-refractivity contribution in [1.82, 2.24) is 0 Å². The van der Waals surface area contributed by atoms with Crippen molar-refractivity contribution in [3.8, 4) is 17.2 Å². The van der Waals surface area contributed by atoms with Crippen LogP contribution in [0.3, 0.4) is 0 Å². The molecular weight excluding hydrogens is 336 g/mol. The normalized spacial score (nSPS) is 11.8. The van der Waals surface area contributed by atoms with E-state index in [1.165, 1.54) is 36.4 Å². The lowest BCUT2D eigenvalue weighted by atomic mass is 10.3. The van der Waals surface area contributed by atoms with Gasteiger partial charge in [0.15, 0.2) is 11.5 Å². The van der Waals surface area contributed by atoms with E-state index in [1.54, 1.807) is 6.07 Å². The quantitative estimate of drug-likeness (QED) is 0.833. The van der Waals surface area contributed by atoms with E-state index in [2.05, 4.69) is 12.0 Å². The smallest absolute Gasteiger partial charge is 0.466 e. The van der Waals surface area contributed by atoms with Crippen LogP contribution >= 0.6 is 0 Å². The van der Waals surface area contributed by atoms with Crippen LogP contribution in [0.15, 0.2) is 54.6 Å². The first-order valence-electron chi connectivity index (χ1n) is 5.70. The van der Waals surface area contributed by atoms with E-state index >= 15 is 0 Å². The second-order valence-corrected chi connectivity index (χ2v) is 6.34. The third-order valence-electron chi connectivity index (χ3n) is 2.17. The summed E-state index contributed by atoms with van der Waals surface area (Å²) in [5, 5.41) is 9.38. The molecule has 1 N–H and O–H groups in total. The second kappa shape index (κ2) is 6.22. The predicted molar refractivity (Wildman–Crippen MR) is 74.7 cm³/mol. The Bertz CT molecular complexity index is 844. The highest BCUT2D eigenvalue weighted by molar-refractivity contribution is 7.95. The van der Waals surface area contributed by atoms with E-state index in [1.807, 2.05) is 0 Å². The monoisotopic (exact) mass is 346 g/mol. The maximum Gasteiger partial charge on any atom is 0.466 e. The van der Waals surface area contributed by atoms with E-state index in [0.717, 1.165) is 12.1 Å².